The van der Waals surface area contributed by atoms with Crippen LogP contribution in [0.15, 0.2) is 18.2 Å². The third-order valence-electron chi connectivity index (χ3n) is 3.16. The highest BCUT2D eigenvalue weighted by atomic mass is 16.6. The summed E-state index contributed by atoms with van der Waals surface area (Å²) in [5.74, 6) is -1.95. The monoisotopic (exact) mass is 236 g/mol. The van der Waals surface area contributed by atoms with E-state index in [-0.39, 0.29) is 11.6 Å². The van der Waals surface area contributed by atoms with Crippen LogP contribution >= 0.6 is 0 Å². The third-order valence-corrected chi connectivity index (χ3v) is 3.16. The molecule has 1 aromatic rings. The summed E-state index contributed by atoms with van der Waals surface area (Å²) >= 11 is 0. The summed E-state index contributed by atoms with van der Waals surface area (Å²) in [6.45, 7) is 1.99. The average Bonchev–Trinajstić information content (AvgIpc) is 2.70. The zero-order valence-corrected chi connectivity index (χ0v) is 9.21. The Balaban J connectivity index is 2.49. The van der Waals surface area contributed by atoms with Gasteiger partial charge in [-0.1, -0.05) is 13.0 Å². The number of fused-ring (bicyclic) bond motifs is 1. The van der Waals surface area contributed by atoms with Gasteiger partial charge in [0.15, 0.2) is 0 Å². The first-order chi connectivity index (χ1) is 8.02. The fraction of sp³-hybridized carbons (Fsp3) is 0.364. The van der Waals surface area contributed by atoms with Crippen LogP contribution in [0.5, 0.6) is 0 Å². The van der Waals surface area contributed by atoms with Gasteiger partial charge in [0.2, 0.25) is 0 Å². The molecule has 0 saturated heterocycles. The van der Waals surface area contributed by atoms with Gasteiger partial charge in [-0.25, -0.2) is 0 Å². The van der Waals surface area contributed by atoms with E-state index in [4.69, 9.17) is 5.11 Å². The highest BCUT2D eigenvalue weighted by Crippen LogP contribution is 2.41. The Hall–Kier alpha value is -2.11. The molecule has 0 saturated carbocycles. The molecule has 0 radical (unpaired) electrons. The fourth-order valence-corrected chi connectivity index (χ4v) is 2.18. The van der Waals surface area contributed by atoms with Gasteiger partial charge < -0.3 is 10.4 Å². The van der Waals surface area contributed by atoms with E-state index in [1.807, 2.05) is 0 Å². The second kappa shape index (κ2) is 4.04. The highest BCUT2D eigenvalue weighted by Gasteiger charge is 2.36. The third kappa shape index (κ3) is 1.82. The smallest absolute Gasteiger partial charge is 0.306 e. The van der Waals surface area contributed by atoms with Crippen molar-refractivity contribution in [1.29, 1.82) is 0 Å². The van der Waals surface area contributed by atoms with Crippen LogP contribution in [0.4, 0.5) is 11.4 Å². The Bertz CT molecular complexity index is 486. The van der Waals surface area contributed by atoms with E-state index >= 15 is 0 Å². The van der Waals surface area contributed by atoms with Gasteiger partial charge in [-0.3, -0.25) is 14.9 Å². The molecular formula is C11H12N2O4. The van der Waals surface area contributed by atoms with Crippen LogP contribution < -0.4 is 5.32 Å². The van der Waals surface area contributed by atoms with E-state index in [1.165, 1.54) is 6.07 Å². The van der Waals surface area contributed by atoms with Crippen molar-refractivity contribution in [1.82, 2.24) is 0 Å². The standard InChI is InChI=1S/C11H12N2O4/c1-6(11(14)15)7-5-12-8-3-2-4-9(10(7)8)13(16)17/h2-4,6-7,12H,5H2,1H3,(H,14,15). The number of carboxylic acids is 1. The van der Waals surface area contributed by atoms with Crippen molar-refractivity contribution in [2.24, 2.45) is 5.92 Å². The Morgan fingerprint density at radius 2 is 2.35 bits per heavy atom. The molecule has 2 rings (SSSR count). The van der Waals surface area contributed by atoms with Gasteiger partial charge >= 0.3 is 5.97 Å². The number of nitrogens with zero attached hydrogens (tertiary/aromatic N) is 1. The second-order valence-electron chi connectivity index (χ2n) is 4.11. The molecule has 6 nitrogen and oxygen atoms in total. The lowest BCUT2D eigenvalue weighted by atomic mass is 9.88. The van der Waals surface area contributed by atoms with E-state index in [2.05, 4.69) is 5.32 Å². The van der Waals surface area contributed by atoms with Crippen molar-refractivity contribution < 1.29 is 14.8 Å². The predicted octanol–water partition coefficient (Wildman–Crippen LogP) is 1.82. The van der Waals surface area contributed by atoms with E-state index in [1.54, 1.807) is 19.1 Å². The lowest BCUT2D eigenvalue weighted by Gasteiger charge is -2.14. The minimum atomic E-state index is -0.942. The summed E-state index contributed by atoms with van der Waals surface area (Å²) in [6.07, 6.45) is 0. The minimum Gasteiger partial charge on any atom is -0.481 e. The van der Waals surface area contributed by atoms with E-state index in [0.717, 1.165) is 0 Å². The van der Waals surface area contributed by atoms with Gasteiger partial charge in [0.05, 0.1) is 16.4 Å². The maximum atomic E-state index is 11.0. The molecule has 2 unspecified atom stereocenters. The molecule has 1 heterocycles. The lowest BCUT2D eigenvalue weighted by Crippen LogP contribution is -2.20. The molecule has 0 spiro atoms. The first kappa shape index (κ1) is 11.4. The first-order valence-electron chi connectivity index (χ1n) is 5.26. The van der Waals surface area contributed by atoms with Gasteiger partial charge in [-0.15, -0.1) is 0 Å². The SMILES string of the molecule is CC(C(=O)O)C1CNc2cccc([N+](=O)[O-])c21. The number of hydrogen-bond acceptors (Lipinski definition) is 4. The van der Waals surface area contributed by atoms with Crippen LogP contribution in [0.1, 0.15) is 18.4 Å². The summed E-state index contributed by atoms with van der Waals surface area (Å²) in [6, 6.07) is 4.74. The predicted molar refractivity (Wildman–Crippen MR) is 61.1 cm³/mol. The fourth-order valence-electron chi connectivity index (χ4n) is 2.18. The molecule has 0 amide bonds. The van der Waals surface area contributed by atoms with Crippen LogP contribution in [0.3, 0.4) is 0 Å². The zero-order valence-electron chi connectivity index (χ0n) is 9.21. The zero-order chi connectivity index (χ0) is 12.6. The molecule has 1 aliphatic heterocycles. The van der Waals surface area contributed by atoms with Crippen molar-refractivity contribution in [3.8, 4) is 0 Å². The average molecular weight is 236 g/mol. The maximum Gasteiger partial charge on any atom is 0.306 e. The van der Waals surface area contributed by atoms with Crippen molar-refractivity contribution >= 4 is 17.3 Å². The number of nitro groups is 1. The number of nitrogens with one attached hydrogen (secondary N) is 1. The quantitative estimate of drug-likeness (QED) is 0.616. The number of anilines is 1. The van der Waals surface area contributed by atoms with Crippen LogP contribution in [-0.4, -0.2) is 22.5 Å². The summed E-state index contributed by atoms with van der Waals surface area (Å²) in [5, 5.41) is 22.9. The number of nitro benzene ring substituents is 1. The topological polar surface area (TPSA) is 92.5 Å². The molecule has 6 heteroatoms. The molecule has 0 fully saturated rings. The number of rotatable bonds is 3. The maximum absolute atomic E-state index is 11.0. The number of benzene rings is 1. The van der Waals surface area contributed by atoms with Crippen LogP contribution in [0, 0.1) is 16.0 Å². The lowest BCUT2D eigenvalue weighted by molar-refractivity contribution is -0.385. The van der Waals surface area contributed by atoms with Crippen LogP contribution in [0.2, 0.25) is 0 Å². The van der Waals surface area contributed by atoms with E-state index in [9.17, 15) is 14.9 Å². The molecule has 0 aromatic heterocycles. The molecule has 0 bridgehead atoms. The van der Waals surface area contributed by atoms with Crippen molar-refractivity contribution in [3.05, 3.63) is 33.9 Å². The number of hydrogen-bond donors (Lipinski definition) is 2. The number of carboxylic acid groups (broad SMARTS) is 1. The van der Waals surface area contributed by atoms with Crippen LogP contribution in [0.25, 0.3) is 0 Å². The second-order valence-corrected chi connectivity index (χ2v) is 4.11. The minimum absolute atomic E-state index is 0.00870. The molecule has 90 valence electrons. The van der Waals surface area contributed by atoms with Gasteiger partial charge in [0, 0.05) is 24.2 Å². The van der Waals surface area contributed by atoms with E-state index < -0.39 is 16.8 Å². The summed E-state index contributed by atoms with van der Waals surface area (Å²) < 4.78 is 0. The van der Waals surface area contributed by atoms with Crippen molar-refractivity contribution in [2.75, 3.05) is 11.9 Å². The summed E-state index contributed by atoms with van der Waals surface area (Å²) in [7, 11) is 0. The molecule has 1 aliphatic rings. The Morgan fingerprint density at radius 1 is 1.65 bits per heavy atom. The molecule has 17 heavy (non-hydrogen) atoms. The summed E-state index contributed by atoms with van der Waals surface area (Å²) in [4.78, 5) is 21.4. The number of aliphatic carboxylic acids is 1. The molecule has 1 aromatic carbocycles. The van der Waals surface area contributed by atoms with Gasteiger partial charge in [-0.2, -0.15) is 0 Å². The van der Waals surface area contributed by atoms with Gasteiger partial charge in [0.1, 0.15) is 0 Å². The highest BCUT2D eigenvalue weighted by molar-refractivity contribution is 5.75. The van der Waals surface area contributed by atoms with E-state index in [0.29, 0.717) is 17.8 Å². The molecular weight excluding hydrogens is 224 g/mol. The largest absolute Gasteiger partial charge is 0.481 e. The van der Waals surface area contributed by atoms with Crippen molar-refractivity contribution in [3.63, 3.8) is 0 Å². The Labute approximate surface area is 97.4 Å². The van der Waals surface area contributed by atoms with Crippen LogP contribution in [-0.2, 0) is 4.79 Å². The molecule has 0 aliphatic carbocycles. The first-order valence-corrected chi connectivity index (χ1v) is 5.26. The van der Waals surface area contributed by atoms with Gasteiger partial charge in [0.25, 0.3) is 5.69 Å². The Morgan fingerprint density at radius 3 is 2.94 bits per heavy atom. The summed E-state index contributed by atoms with van der Waals surface area (Å²) in [5.41, 5.74) is 1.16. The van der Waals surface area contributed by atoms with Crippen molar-refractivity contribution in [2.45, 2.75) is 12.8 Å². The number of carbonyl (C=O) groups is 1. The molecule has 2 N–H and O–H groups in total. The Kier molecular flexibility index (Phi) is 2.71. The normalized spacial score (nSPS) is 19.2. The molecule has 2 atom stereocenters. The van der Waals surface area contributed by atoms with Gasteiger partial charge in [-0.05, 0) is 6.07 Å².